The van der Waals surface area contributed by atoms with Crippen molar-refractivity contribution in [2.75, 3.05) is 13.2 Å². The summed E-state index contributed by atoms with van der Waals surface area (Å²) >= 11 is 0. The van der Waals surface area contributed by atoms with E-state index in [0.29, 0.717) is 13.0 Å². The molecule has 4 aliphatic rings. The highest BCUT2D eigenvalue weighted by Crippen LogP contribution is 2.71. The van der Waals surface area contributed by atoms with Crippen LogP contribution in [0.15, 0.2) is 36.0 Å². The molecule has 5 nitrogen and oxygen atoms in total. The molecule has 2 saturated heterocycles. The Morgan fingerprint density at radius 3 is 2.92 bits per heavy atom. The van der Waals surface area contributed by atoms with E-state index in [1.54, 1.807) is 6.08 Å². The summed E-state index contributed by atoms with van der Waals surface area (Å²) in [5.74, 6) is -0.384. The largest absolute Gasteiger partial charge is 0.462 e. The maximum Gasteiger partial charge on any atom is 0.331 e. The molecule has 2 bridgehead atoms. The number of rotatable bonds is 4. The van der Waals surface area contributed by atoms with Gasteiger partial charge in [-0.2, -0.15) is 0 Å². The fourth-order valence-electron chi connectivity index (χ4n) is 5.48. The van der Waals surface area contributed by atoms with Gasteiger partial charge in [0.1, 0.15) is 12.2 Å². The lowest BCUT2D eigenvalue weighted by atomic mass is 9.51. The summed E-state index contributed by atoms with van der Waals surface area (Å²) in [6.07, 6.45) is 6.72. The van der Waals surface area contributed by atoms with Crippen molar-refractivity contribution in [2.45, 2.75) is 63.9 Å². The van der Waals surface area contributed by atoms with E-state index in [0.717, 1.165) is 18.4 Å². The molecule has 2 unspecified atom stereocenters. The van der Waals surface area contributed by atoms with Gasteiger partial charge in [-0.25, -0.2) is 4.79 Å². The molecule has 2 aliphatic heterocycles. The Hall–Kier alpha value is -1.43. The second-order valence-electron chi connectivity index (χ2n) is 8.55. The Kier molecular flexibility index (Phi) is 3.99. The number of aliphatic hydroxyl groups is 1. The third-order valence-corrected chi connectivity index (χ3v) is 7.39. The van der Waals surface area contributed by atoms with Gasteiger partial charge in [-0.1, -0.05) is 31.2 Å². The van der Waals surface area contributed by atoms with Crippen LogP contribution in [0, 0.1) is 10.8 Å². The third kappa shape index (κ3) is 2.17. The van der Waals surface area contributed by atoms with Crippen molar-refractivity contribution in [3.8, 4) is 0 Å². The van der Waals surface area contributed by atoms with Crippen LogP contribution in [0.3, 0.4) is 0 Å². The molecule has 2 aliphatic carbocycles. The molecule has 3 fully saturated rings. The molecule has 0 aromatic heterocycles. The molecule has 0 aromatic carbocycles. The van der Waals surface area contributed by atoms with Gasteiger partial charge in [-0.05, 0) is 32.3 Å². The lowest BCUT2D eigenvalue weighted by Gasteiger charge is -2.58. The van der Waals surface area contributed by atoms with Crippen LogP contribution in [-0.4, -0.2) is 48.2 Å². The molecule has 1 saturated carbocycles. The van der Waals surface area contributed by atoms with Crippen molar-refractivity contribution in [3.63, 3.8) is 0 Å². The zero-order valence-electron chi connectivity index (χ0n) is 15.8. The van der Waals surface area contributed by atoms with Gasteiger partial charge in [0.2, 0.25) is 0 Å². The van der Waals surface area contributed by atoms with Gasteiger partial charge in [-0.15, -0.1) is 0 Å². The maximum absolute atomic E-state index is 12.3. The third-order valence-electron chi connectivity index (χ3n) is 7.39. The number of esters is 1. The van der Waals surface area contributed by atoms with Crippen LogP contribution in [0.1, 0.15) is 40.0 Å². The number of hydrogen-bond donors (Lipinski definition) is 1. The molecule has 2 heterocycles. The molecular formula is C21H28O5. The first-order valence-electron chi connectivity index (χ1n) is 9.41. The Balaban J connectivity index is 1.69. The summed E-state index contributed by atoms with van der Waals surface area (Å²) in [7, 11) is 0. The maximum atomic E-state index is 12.3. The minimum atomic E-state index is -0.532. The highest BCUT2D eigenvalue weighted by molar-refractivity contribution is 5.83. The minimum absolute atomic E-state index is 0.0959. The predicted molar refractivity (Wildman–Crippen MR) is 96.4 cm³/mol. The molecule has 0 aromatic rings. The predicted octanol–water partition coefficient (Wildman–Crippen LogP) is 2.70. The monoisotopic (exact) mass is 360 g/mol. The number of fused-ring (bicyclic) bond motifs is 2. The molecule has 26 heavy (non-hydrogen) atoms. The first-order chi connectivity index (χ1) is 12.3. The standard InChI is InChI=1S/C21H28O5/c1-5-13(2)9-18(23)24-11-20-7-6-14(3)8-16(20)26-17-10-15(22)19(20,4)21(17)12-25-21/h5,8-9,15-17,22H,1,6-7,10-12H2,2-4H3/b13-9+/t15-,16-,17-,19?,20-,21?/m1/s1. The average molecular weight is 360 g/mol. The quantitative estimate of drug-likeness (QED) is 0.274. The lowest BCUT2D eigenvalue weighted by Crippen LogP contribution is -2.66. The highest BCUT2D eigenvalue weighted by atomic mass is 16.6. The second-order valence-corrected chi connectivity index (χ2v) is 8.55. The Labute approximate surface area is 154 Å². The fourth-order valence-corrected chi connectivity index (χ4v) is 5.48. The first-order valence-corrected chi connectivity index (χ1v) is 9.41. The van der Waals surface area contributed by atoms with E-state index in [-0.39, 0.29) is 24.8 Å². The average Bonchev–Trinajstić information content (AvgIpc) is 3.38. The number of aliphatic hydroxyl groups excluding tert-OH is 1. The summed E-state index contributed by atoms with van der Waals surface area (Å²) in [6.45, 7) is 10.5. The number of allylic oxidation sites excluding steroid dienone is 3. The van der Waals surface area contributed by atoms with Crippen LogP contribution in [-0.2, 0) is 19.0 Å². The molecule has 6 atom stereocenters. The molecule has 142 valence electrons. The highest BCUT2D eigenvalue weighted by Gasteiger charge is 2.81. The molecule has 4 rings (SSSR count). The Bertz CT molecular complexity index is 703. The zero-order valence-corrected chi connectivity index (χ0v) is 15.8. The number of carbonyl (C=O) groups excluding carboxylic acids is 1. The van der Waals surface area contributed by atoms with E-state index in [1.165, 1.54) is 11.6 Å². The summed E-state index contributed by atoms with van der Waals surface area (Å²) in [5, 5.41) is 11.0. The van der Waals surface area contributed by atoms with Gasteiger partial charge in [0.05, 0.1) is 24.9 Å². The SMILES string of the molecule is C=C/C(C)=C/C(=O)OC[C@]12CCC(C)=C[C@H]1O[C@@H]1C[C@@H](O)C2(C)C12CO2. The molecule has 5 heteroatoms. The van der Waals surface area contributed by atoms with Crippen LogP contribution in [0.5, 0.6) is 0 Å². The van der Waals surface area contributed by atoms with Gasteiger partial charge in [0.25, 0.3) is 0 Å². The number of epoxide rings is 1. The molecule has 1 N–H and O–H groups in total. The summed E-state index contributed by atoms with van der Waals surface area (Å²) in [6, 6.07) is 0. The van der Waals surface area contributed by atoms with Crippen LogP contribution in [0.25, 0.3) is 0 Å². The van der Waals surface area contributed by atoms with E-state index in [9.17, 15) is 9.90 Å². The normalized spacial score (nSPS) is 46.5. The van der Waals surface area contributed by atoms with Gasteiger partial charge in [0.15, 0.2) is 0 Å². The summed E-state index contributed by atoms with van der Waals surface area (Å²) in [4.78, 5) is 12.3. The van der Waals surface area contributed by atoms with Gasteiger partial charge < -0.3 is 19.3 Å². The van der Waals surface area contributed by atoms with Gasteiger partial charge >= 0.3 is 5.97 Å². The zero-order chi connectivity index (χ0) is 18.7. The topological polar surface area (TPSA) is 68.3 Å². The van der Waals surface area contributed by atoms with Gasteiger partial charge in [-0.3, -0.25) is 0 Å². The van der Waals surface area contributed by atoms with Crippen LogP contribution >= 0.6 is 0 Å². The van der Waals surface area contributed by atoms with E-state index in [1.807, 2.05) is 6.92 Å². The smallest absolute Gasteiger partial charge is 0.331 e. The van der Waals surface area contributed by atoms with Crippen molar-refractivity contribution in [1.29, 1.82) is 0 Å². The summed E-state index contributed by atoms with van der Waals surface area (Å²) < 4.78 is 18.0. The van der Waals surface area contributed by atoms with Crippen molar-refractivity contribution in [2.24, 2.45) is 10.8 Å². The van der Waals surface area contributed by atoms with E-state index in [4.69, 9.17) is 14.2 Å². The van der Waals surface area contributed by atoms with Crippen molar-refractivity contribution < 1.29 is 24.1 Å². The van der Waals surface area contributed by atoms with Crippen LogP contribution in [0.2, 0.25) is 0 Å². The first kappa shape index (κ1) is 18.0. The number of ether oxygens (including phenoxy) is 3. The van der Waals surface area contributed by atoms with E-state index in [2.05, 4.69) is 26.5 Å². The van der Waals surface area contributed by atoms with Crippen molar-refractivity contribution in [3.05, 3.63) is 36.0 Å². The molecule has 0 amide bonds. The summed E-state index contributed by atoms with van der Waals surface area (Å²) in [5.41, 5.74) is 0.617. The Morgan fingerprint density at radius 1 is 1.54 bits per heavy atom. The molecular weight excluding hydrogens is 332 g/mol. The number of hydrogen-bond acceptors (Lipinski definition) is 5. The molecule has 0 radical (unpaired) electrons. The second kappa shape index (κ2) is 5.78. The van der Waals surface area contributed by atoms with Crippen molar-refractivity contribution in [1.82, 2.24) is 0 Å². The van der Waals surface area contributed by atoms with Crippen LogP contribution < -0.4 is 0 Å². The molecule has 1 spiro atoms. The van der Waals surface area contributed by atoms with Crippen LogP contribution in [0.4, 0.5) is 0 Å². The lowest BCUT2D eigenvalue weighted by molar-refractivity contribution is -0.229. The van der Waals surface area contributed by atoms with Gasteiger partial charge in [0, 0.05) is 23.3 Å². The van der Waals surface area contributed by atoms with Crippen molar-refractivity contribution >= 4 is 5.97 Å². The number of carbonyl (C=O) groups is 1. The van der Waals surface area contributed by atoms with E-state index < -0.39 is 22.5 Å². The van der Waals surface area contributed by atoms with E-state index >= 15 is 0 Å². The Morgan fingerprint density at radius 2 is 2.27 bits per heavy atom. The fraction of sp³-hybridized carbons (Fsp3) is 0.667. The minimum Gasteiger partial charge on any atom is -0.462 e.